The Bertz CT molecular complexity index is 1510. The number of amides is 1. The summed E-state index contributed by atoms with van der Waals surface area (Å²) in [7, 11) is 0. The molecule has 1 saturated carbocycles. The standard InChI is InChI=1S/C18H16FN3O3S2.C8H7N/c19-11-3-4-12-13(7-22(14(12)5-11)6-10-1-2-10)17(25)21-18-20-15(8-27-18)26-9-16(23)24;1-2-4-8-7(3-1)5-6-9-8/h3-5,7-8,10H,1-2,6,9H2,(H,23,24)(H,20,21,25);1-6,9H. The third-order valence-corrected chi connectivity index (χ3v) is 7.55. The summed E-state index contributed by atoms with van der Waals surface area (Å²) >= 11 is 2.33. The SMILES string of the molecule is O=C(O)CSc1csc(NC(=O)c2cn(CC3CC3)c3cc(F)ccc23)n1.c1ccc2[nH]ccc2c1. The number of H-pyrrole nitrogens is 1. The van der Waals surface area contributed by atoms with Crippen LogP contribution in [0.5, 0.6) is 0 Å². The fraction of sp³-hybridized carbons (Fsp3) is 0.192. The molecule has 5 aromatic rings. The van der Waals surface area contributed by atoms with Crippen molar-refractivity contribution >= 4 is 61.9 Å². The Balaban J connectivity index is 0.000000247. The van der Waals surface area contributed by atoms with E-state index in [9.17, 15) is 14.0 Å². The number of aliphatic carboxylic acids is 1. The van der Waals surface area contributed by atoms with Gasteiger partial charge in [0, 0.05) is 35.2 Å². The zero-order chi connectivity index (χ0) is 25.1. The van der Waals surface area contributed by atoms with E-state index in [1.54, 1.807) is 17.6 Å². The predicted octanol–water partition coefficient (Wildman–Crippen LogP) is 6.24. The molecule has 0 aliphatic heterocycles. The molecule has 3 aromatic heterocycles. The van der Waals surface area contributed by atoms with Crippen LogP contribution in [-0.4, -0.2) is 37.3 Å². The van der Waals surface area contributed by atoms with Crippen molar-refractivity contribution < 1.29 is 19.1 Å². The summed E-state index contributed by atoms with van der Waals surface area (Å²) < 4.78 is 15.6. The number of thiazole rings is 1. The van der Waals surface area contributed by atoms with Gasteiger partial charge in [-0.15, -0.1) is 11.3 Å². The van der Waals surface area contributed by atoms with Crippen LogP contribution >= 0.6 is 23.1 Å². The van der Waals surface area contributed by atoms with E-state index in [1.807, 2.05) is 22.9 Å². The number of aromatic amines is 1. The molecular formula is C26H23FN4O3S2. The van der Waals surface area contributed by atoms with E-state index in [1.165, 1.54) is 34.4 Å². The maximum absolute atomic E-state index is 13.7. The predicted molar refractivity (Wildman–Crippen MR) is 141 cm³/mol. The summed E-state index contributed by atoms with van der Waals surface area (Å²) in [5.41, 5.74) is 2.39. The third kappa shape index (κ3) is 5.77. The van der Waals surface area contributed by atoms with E-state index in [0.29, 0.717) is 32.5 Å². The summed E-state index contributed by atoms with van der Waals surface area (Å²) in [5, 5.41) is 16.1. The number of thioether (sulfide) groups is 1. The lowest BCUT2D eigenvalue weighted by atomic mass is 10.1. The minimum atomic E-state index is -0.922. The number of rotatable bonds is 7. The molecule has 0 unspecified atom stereocenters. The van der Waals surface area contributed by atoms with E-state index < -0.39 is 5.97 Å². The molecule has 0 saturated heterocycles. The topological polar surface area (TPSA) is 100 Å². The van der Waals surface area contributed by atoms with Gasteiger partial charge in [-0.2, -0.15) is 0 Å². The molecule has 1 aliphatic carbocycles. The molecule has 6 rings (SSSR count). The molecule has 0 atom stereocenters. The number of carboxylic acid groups (broad SMARTS) is 1. The molecule has 3 heterocycles. The number of anilines is 1. The number of carboxylic acids is 1. The molecule has 0 radical (unpaired) electrons. The summed E-state index contributed by atoms with van der Waals surface area (Å²) in [6, 6.07) is 14.7. The van der Waals surface area contributed by atoms with Crippen molar-refractivity contribution in [3.05, 3.63) is 77.7 Å². The quantitative estimate of drug-likeness (QED) is 0.220. The van der Waals surface area contributed by atoms with Crippen LogP contribution in [0.1, 0.15) is 23.2 Å². The van der Waals surface area contributed by atoms with E-state index in [0.717, 1.165) is 31.1 Å². The Morgan fingerprint density at radius 1 is 1.22 bits per heavy atom. The number of carbonyl (C=O) groups is 2. The Labute approximate surface area is 214 Å². The van der Waals surface area contributed by atoms with Crippen LogP contribution in [0.4, 0.5) is 9.52 Å². The Morgan fingerprint density at radius 2 is 2.06 bits per heavy atom. The second kappa shape index (κ2) is 10.5. The molecule has 0 bridgehead atoms. The average molecular weight is 523 g/mol. The smallest absolute Gasteiger partial charge is 0.313 e. The summed E-state index contributed by atoms with van der Waals surface area (Å²) in [4.78, 5) is 30.7. The maximum atomic E-state index is 13.7. The van der Waals surface area contributed by atoms with Gasteiger partial charge in [-0.1, -0.05) is 30.0 Å². The number of fused-ring (bicyclic) bond motifs is 2. The van der Waals surface area contributed by atoms with Crippen LogP contribution in [-0.2, 0) is 11.3 Å². The third-order valence-electron chi connectivity index (χ3n) is 5.75. The largest absolute Gasteiger partial charge is 0.481 e. The zero-order valence-electron chi connectivity index (χ0n) is 19.1. The van der Waals surface area contributed by atoms with Crippen LogP contribution in [0, 0.1) is 11.7 Å². The Kier molecular flexibility index (Phi) is 7.06. The van der Waals surface area contributed by atoms with Gasteiger partial charge in [-0.05, 0) is 54.5 Å². The first kappa shape index (κ1) is 24.1. The van der Waals surface area contributed by atoms with Crippen LogP contribution in [0.15, 0.2) is 71.3 Å². The first-order valence-corrected chi connectivity index (χ1v) is 13.2. The molecule has 0 spiro atoms. The fourth-order valence-electron chi connectivity index (χ4n) is 3.85. The first-order chi connectivity index (χ1) is 17.5. The van der Waals surface area contributed by atoms with Gasteiger partial charge in [0.1, 0.15) is 10.8 Å². The van der Waals surface area contributed by atoms with E-state index in [-0.39, 0.29) is 17.5 Å². The van der Waals surface area contributed by atoms with Gasteiger partial charge in [-0.3, -0.25) is 14.9 Å². The van der Waals surface area contributed by atoms with E-state index in [4.69, 9.17) is 5.11 Å². The van der Waals surface area contributed by atoms with Crippen LogP contribution < -0.4 is 5.32 Å². The minimum Gasteiger partial charge on any atom is -0.481 e. The number of carbonyl (C=O) groups excluding carboxylic acids is 1. The first-order valence-electron chi connectivity index (χ1n) is 11.4. The van der Waals surface area contributed by atoms with Gasteiger partial charge in [0.05, 0.1) is 16.8 Å². The fourth-order valence-corrected chi connectivity index (χ4v) is 5.32. The van der Waals surface area contributed by atoms with Crippen LogP contribution in [0.2, 0.25) is 0 Å². The van der Waals surface area contributed by atoms with E-state index >= 15 is 0 Å². The number of aromatic nitrogens is 3. The molecular weight excluding hydrogens is 499 g/mol. The number of nitrogens with zero attached hydrogens (tertiary/aromatic N) is 2. The maximum Gasteiger partial charge on any atom is 0.313 e. The Hall–Kier alpha value is -3.63. The second-order valence-electron chi connectivity index (χ2n) is 8.49. The highest BCUT2D eigenvalue weighted by molar-refractivity contribution is 8.00. The lowest BCUT2D eigenvalue weighted by molar-refractivity contribution is -0.133. The van der Waals surface area contributed by atoms with Gasteiger partial charge in [-0.25, -0.2) is 9.37 Å². The van der Waals surface area contributed by atoms with Crippen molar-refractivity contribution in [3.8, 4) is 0 Å². The van der Waals surface area contributed by atoms with Crippen molar-refractivity contribution in [1.29, 1.82) is 0 Å². The highest BCUT2D eigenvalue weighted by Gasteiger charge is 2.24. The number of benzene rings is 2. The normalized spacial score (nSPS) is 12.9. The van der Waals surface area contributed by atoms with Gasteiger partial charge >= 0.3 is 5.97 Å². The number of halogens is 1. The number of para-hydroxylation sites is 1. The summed E-state index contributed by atoms with van der Waals surface area (Å²) in [5.74, 6) is -1.06. The number of hydrogen-bond donors (Lipinski definition) is 3. The number of nitrogens with one attached hydrogen (secondary N) is 2. The average Bonchev–Trinajstić information content (AvgIpc) is 3.23. The molecule has 3 N–H and O–H groups in total. The van der Waals surface area contributed by atoms with Crippen molar-refractivity contribution in [1.82, 2.24) is 14.5 Å². The zero-order valence-corrected chi connectivity index (χ0v) is 20.7. The highest BCUT2D eigenvalue weighted by atomic mass is 32.2. The van der Waals surface area contributed by atoms with Crippen molar-refractivity contribution in [2.45, 2.75) is 24.4 Å². The lowest BCUT2D eigenvalue weighted by Crippen LogP contribution is -2.11. The molecule has 10 heteroatoms. The van der Waals surface area contributed by atoms with Crippen LogP contribution in [0.3, 0.4) is 0 Å². The molecule has 1 aliphatic rings. The lowest BCUT2D eigenvalue weighted by Gasteiger charge is -2.02. The van der Waals surface area contributed by atoms with Crippen molar-refractivity contribution in [3.63, 3.8) is 0 Å². The van der Waals surface area contributed by atoms with Gasteiger partial charge in [0.2, 0.25) is 0 Å². The molecule has 1 fully saturated rings. The summed E-state index contributed by atoms with van der Waals surface area (Å²) in [6.45, 7) is 0.778. The second-order valence-corrected chi connectivity index (χ2v) is 10.3. The Morgan fingerprint density at radius 3 is 2.83 bits per heavy atom. The number of hydrogen-bond acceptors (Lipinski definition) is 5. The molecule has 7 nitrogen and oxygen atoms in total. The monoisotopic (exact) mass is 522 g/mol. The minimum absolute atomic E-state index is 0.0860. The van der Waals surface area contributed by atoms with Gasteiger partial charge in [0.25, 0.3) is 5.91 Å². The molecule has 1 amide bonds. The van der Waals surface area contributed by atoms with E-state index in [2.05, 4.69) is 33.5 Å². The molecule has 2 aromatic carbocycles. The van der Waals surface area contributed by atoms with Gasteiger partial charge < -0.3 is 14.7 Å². The molecule has 36 heavy (non-hydrogen) atoms. The van der Waals surface area contributed by atoms with Gasteiger partial charge in [0.15, 0.2) is 5.13 Å². The van der Waals surface area contributed by atoms with Crippen LogP contribution in [0.25, 0.3) is 21.8 Å². The van der Waals surface area contributed by atoms with Crippen molar-refractivity contribution in [2.24, 2.45) is 5.92 Å². The summed E-state index contributed by atoms with van der Waals surface area (Å²) in [6.07, 6.45) is 6.04. The highest BCUT2D eigenvalue weighted by Crippen LogP contribution is 2.33. The molecule has 184 valence electrons. The van der Waals surface area contributed by atoms with Crippen molar-refractivity contribution in [2.75, 3.05) is 11.1 Å².